The number of aryl methyl sites for hydroxylation is 1. The number of halogens is 1. The molecule has 2 aromatic heterocycles. The number of anilines is 1. The first-order valence-electron chi connectivity index (χ1n) is 7.90. The molecule has 0 aliphatic heterocycles. The Labute approximate surface area is 152 Å². The van der Waals surface area contributed by atoms with Crippen LogP contribution in [0, 0.1) is 19.8 Å². The van der Waals surface area contributed by atoms with Crippen LogP contribution in [-0.2, 0) is 11.3 Å². The fourth-order valence-electron chi connectivity index (χ4n) is 2.18. The highest BCUT2D eigenvalue weighted by Crippen LogP contribution is 2.26. The number of aromatic nitrogens is 3. The van der Waals surface area contributed by atoms with E-state index in [4.69, 9.17) is 11.6 Å². The van der Waals surface area contributed by atoms with Crippen LogP contribution in [0.5, 0.6) is 0 Å². The van der Waals surface area contributed by atoms with Gasteiger partial charge in [-0.2, -0.15) is 0 Å². The average Bonchev–Trinajstić information content (AvgIpc) is 2.76. The molecular formula is C17H23ClN4OS. The van der Waals surface area contributed by atoms with E-state index in [9.17, 15) is 4.79 Å². The quantitative estimate of drug-likeness (QED) is 0.773. The van der Waals surface area contributed by atoms with E-state index in [-0.39, 0.29) is 11.2 Å². The molecule has 0 saturated carbocycles. The molecule has 0 spiro atoms. The van der Waals surface area contributed by atoms with Gasteiger partial charge in [0.15, 0.2) is 5.16 Å². The van der Waals surface area contributed by atoms with Crippen molar-refractivity contribution in [1.82, 2.24) is 14.5 Å². The van der Waals surface area contributed by atoms with Gasteiger partial charge in [0, 0.05) is 18.4 Å². The van der Waals surface area contributed by atoms with Crippen LogP contribution >= 0.6 is 23.4 Å². The Balaban J connectivity index is 2.08. The molecule has 0 aliphatic carbocycles. The van der Waals surface area contributed by atoms with Crippen molar-refractivity contribution in [2.45, 2.75) is 51.6 Å². The number of nitrogens with one attached hydrogen (secondary N) is 1. The lowest BCUT2D eigenvalue weighted by atomic mass is 10.2. The molecular weight excluding hydrogens is 344 g/mol. The van der Waals surface area contributed by atoms with Gasteiger partial charge in [0.2, 0.25) is 5.91 Å². The summed E-state index contributed by atoms with van der Waals surface area (Å²) in [4.78, 5) is 21.1. The number of nitrogens with zero attached hydrogens (tertiary/aromatic N) is 3. The van der Waals surface area contributed by atoms with Crippen LogP contribution in [0.2, 0.25) is 5.02 Å². The van der Waals surface area contributed by atoms with E-state index in [1.807, 2.05) is 13.8 Å². The summed E-state index contributed by atoms with van der Waals surface area (Å²) >= 11 is 7.27. The molecule has 0 aliphatic rings. The third kappa shape index (κ3) is 4.74. The van der Waals surface area contributed by atoms with Crippen molar-refractivity contribution < 1.29 is 4.79 Å². The normalized spacial score (nSPS) is 12.5. The van der Waals surface area contributed by atoms with E-state index in [0.29, 0.717) is 16.8 Å². The van der Waals surface area contributed by atoms with Crippen molar-refractivity contribution in [2.24, 2.45) is 5.92 Å². The summed E-state index contributed by atoms with van der Waals surface area (Å²) in [6.07, 6.45) is 1.51. The Bertz CT molecular complexity index is 712. The second kappa shape index (κ2) is 8.03. The predicted octanol–water partition coefficient (Wildman–Crippen LogP) is 4.32. The summed E-state index contributed by atoms with van der Waals surface area (Å²) in [6.45, 7) is 11.2. The minimum atomic E-state index is -0.283. The van der Waals surface area contributed by atoms with Crippen molar-refractivity contribution in [3.63, 3.8) is 0 Å². The maximum atomic E-state index is 12.4. The average molecular weight is 367 g/mol. The van der Waals surface area contributed by atoms with Crippen molar-refractivity contribution >= 4 is 35.1 Å². The number of hydrogen-bond donors (Lipinski definition) is 1. The van der Waals surface area contributed by atoms with Gasteiger partial charge in [0.1, 0.15) is 5.82 Å². The van der Waals surface area contributed by atoms with Crippen LogP contribution in [0.25, 0.3) is 0 Å². The zero-order chi connectivity index (χ0) is 17.9. The minimum absolute atomic E-state index is 0.107. The molecule has 0 saturated heterocycles. The summed E-state index contributed by atoms with van der Waals surface area (Å²) in [6, 6.07) is 3.38. The fraction of sp³-hybridized carbons (Fsp3) is 0.471. The van der Waals surface area contributed by atoms with Crippen LogP contribution in [0.1, 0.15) is 32.2 Å². The Hall–Kier alpha value is -1.53. The second-order valence-corrected chi connectivity index (χ2v) is 7.93. The third-order valence-corrected chi connectivity index (χ3v) is 4.91. The van der Waals surface area contributed by atoms with Crippen LogP contribution in [0.4, 0.5) is 5.82 Å². The number of imidazole rings is 1. The van der Waals surface area contributed by atoms with Gasteiger partial charge in [0.25, 0.3) is 0 Å². The molecule has 0 bridgehead atoms. The molecule has 130 valence electrons. The molecule has 1 atom stereocenters. The zero-order valence-corrected chi connectivity index (χ0v) is 16.2. The van der Waals surface area contributed by atoms with Gasteiger partial charge in [-0.3, -0.25) is 4.79 Å². The first kappa shape index (κ1) is 18.8. The van der Waals surface area contributed by atoms with Crippen molar-refractivity contribution in [2.75, 3.05) is 5.32 Å². The maximum absolute atomic E-state index is 12.4. The molecule has 0 aromatic carbocycles. The molecule has 2 heterocycles. The highest BCUT2D eigenvalue weighted by Gasteiger charge is 2.20. The van der Waals surface area contributed by atoms with E-state index < -0.39 is 0 Å². The lowest BCUT2D eigenvalue weighted by Gasteiger charge is -2.15. The highest BCUT2D eigenvalue weighted by atomic mass is 35.5. The topological polar surface area (TPSA) is 59.8 Å². The molecule has 2 aromatic rings. The number of thioether (sulfide) groups is 1. The number of pyridine rings is 1. The minimum Gasteiger partial charge on any atom is -0.323 e. The van der Waals surface area contributed by atoms with Gasteiger partial charge in [-0.15, -0.1) is 0 Å². The summed E-state index contributed by atoms with van der Waals surface area (Å²) < 4.78 is 2.19. The highest BCUT2D eigenvalue weighted by molar-refractivity contribution is 8.00. The molecule has 0 radical (unpaired) electrons. The summed E-state index contributed by atoms with van der Waals surface area (Å²) in [7, 11) is 0. The fourth-order valence-corrected chi connectivity index (χ4v) is 3.31. The lowest BCUT2D eigenvalue weighted by Crippen LogP contribution is -2.23. The van der Waals surface area contributed by atoms with Gasteiger partial charge >= 0.3 is 0 Å². The van der Waals surface area contributed by atoms with Crippen molar-refractivity contribution in [1.29, 1.82) is 0 Å². The van der Waals surface area contributed by atoms with Gasteiger partial charge in [-0.25, -0.2) is 9.97 Å². The molecule has 5 nitrogen and oxygen atoms in total. The number of carbonyl (C=O) groups excluding carboxylic acids is 1. The maximum Gasteiger partial charge on any atom is 0.238 e. The van der Waals surface area contributed by atoms with Crippen LogP contribution in [0.15, 0.2) is 23.5 Å². The van der Waals surface area contributed by atoms with E-state index in [2.05, 4.69) is 40.6 Å². The predicted molar refractivity (Wildman–Crippen MR) is 99.7 cm³/mol. The van der Waals surface area contributed by atoms with Crippen LogP contribution < -0.4 is 5.32 Å². The molecule has 24 heavy (non-hydrogen) atoms. The molecule has 0 fully saturated rings. The summed E-state index contributed by atoms with van der Waals surface area (Å²) in [5, 5.41) is 3.94. The number of amides is 1. The Kier molecular flexibility index (Phi) is 6.29. The molecule has 1 amide bonds. The largest absolute Gasteiger partial charge is 0.323 e. The van der Waals surface area contributed by atoms with Crippen molar-refractivity contribution in [3.05, 3.63) is 34.7 Å². The zero-order valence-electron chi connectivity index (χ0n) is 14.6. The van der Waals surface area contributed by atoms with Gasteiger partial charge in [-0.05, 0) is 38.8 Å². The van der Waals surface area contributed by atoms with E-state index >= 15 is 0 Å². The van der Waals surface area contributed by atoms with E-state index in [0.717, 1.165) is 23.1 Å². The second-order valence-electron chi connectivity index (χ2n) is 6.18. The third-order valence-electron chi connectivity index (χ3n) is 3.60. The van der Waals surface area contributed by atoms with Crippen LogP contribution in [0.3, 0.4) is 0 Å². The van der Waals surface area contributed by atoms with Gasteiger partial charge < -0.3 is 9.88 Å². The molecule has 1 N–H and O–H groups in total. The number of carbonyl (C=O) groups is 1. The summed E-state index contributed by atoms with van der Waals surface area (Å²) in [5.74, 6) is 0.901. The standard InChI is InChI=1S/C17H23ClN4OS/c1-10(2)9-22-12(4)11(3)20-17(22)24-13(5)16(23)21-15-7-6-14(18)8-19-15/h6-8,10,13H,9H2,1-5H3,(H,19,21,23)/t13-/m1/s1. The lowest BCUT2D eigenvalue weighted by molar-refractivity contribution is -0.115. The van der Waals surface area contributed by atoms with Gasteiger partial charge in [0.05, 0.1) is 16.0 Å². The smallest absolute Gasteiger partial charge is 0.238 e. The Morgan fingerprint density at radius 1 is 1.33 bits per heavy atom. The van der Waals surface area contributed by atoms with E-state index in [1.54, 1.807) is 12.1 Å². The number of hydrogen-bond acceptors (Lipinski definition) is 4. The van der Waals surface area contributed by atoms with Gasteiger partial charge in [-0.1, -0.05) is 37.2 Å². The number of rotatable bonds is 6. The van der Waals surface area contributed by atoms with E-state index in [1.165, 1.54) is 18.0 Å². The summed E-state index contributed by atoms with van der Waals surface area (Å²) in [5.41, 5.74) is 2.16. The van der Waals surface area contributed by atoms with Crippen LogP contribution in [-0.4, -0.2) is 25.7 Å². The molecule has 7 heteroatoms. The molecule has 0 unspecified atom stereocenters. The first-order valence-corrected chi connectivity index (χ1v) is 9.16. The SMILES string of the molecule is Cc1nc(S[C@H](C)C(=O)Nc2ccc(Cl)cn2)n(CC(C)C)c1C. The Morgan fingerprint density at radius 2 is 2.04 bits per heavy atom. The molecule has 2 rings (SSSR count). The van der Waals surface area contributed by atoms with Crippen molar-refractivity contribution in [3.8, 4) is 0 Å². The first-order chi connectivity index (χ1) is 11.3. The monoisotopic (exact) mass is 366 g/mol. The Morgan fingerprint density at radius 3 is 2.62 bits per heavy atom.